The predicted molar refractivity (Wildman–Crippen MR) is 59.0 cm³/mol. The van der Waals surface area contributed by atoms with E-state index in [1.54, 1.807) is 41.5 Å². The third kappa shape index (κ3) is 10.5. The van der Waals surface area contributed by atoms with Crippen molar-refractivity contribution >= 4 is 22.7 Å². The fourth-order valence-corrected chi connectivity index (χ4v) is 1.88. The first-order chi connectivity index (χ1) is 6.49. The predicted octanol–water partition coefficient (Wildman–Crippen LogP) is 1.79. The van der Waals surface area contributed by atoms with E-state index in [0.717, 1.165) is 0 Å². The molecule has 0 spiro atoms. The molecule has 5 nitrogen and oxygen atoms in total. The molecule has 0 saturated carbocycles. The van der Waals surface area contributed by atoms with Gasteiger partial charge in [-0.2, -0.15) is 8.42 Å². The average Bonchev–Trinajstić information content (AvgIpc) is 1.73. The van der Waals surface area contributed by atoms with Gasteiger partial charge in [-0.05, 0) is 41.5 Å². The summed E-state index contributed by atoms with van der Waals surface area (Å²) in [4.78, 5) is 0. The van der Waals surface area contributed by atoms with Crippen LogP contribution in [0.4, 0.5) is 0 Å². The summed E-state index contributed by atoms with van der Waals surface area (Å²) in [5.74, 6) is 0. The molecule has 0 heterocycles. The molecule has 0 aromatic rings. The van der Waals surface area contributed by atoms with Crippen LogP contribution in [0.15, 0.2) is 0 Å². The van der Waals surface area contributed by atoms with Crippen LogP contribution < -0.4 is 0 Å². The van der Waals surface area contributed by atoms with Gasteiger partial charge < -0.3 is 0 Å². The maximum Gasteiger partial charge on any atom is 0.320 e. The third-order valence-electron chi connectivity index (χ3n) is 0.747. The summed E-state index contributed by atoms with van der Waals surface area (Å²) in [6, 6.07) is 0. The Morgan fingerprint density at radius 1 is 0.733 bits per heavy atom. The van der Waals surface area contributed by atoms with E-state index in [0.29, 0.717) is 0 Å². The Bertz CT molecular complexity index is 225. The molecule has 0 bridgehead atoms. The summed E-state index contributed by atoms with van der Waals surface area (Å²) < 4.78 is 36.6. The molecule has 0 aliphatic rings. The van der Waals surface area contributed by atoms with Crippen molar-refractivity contribution in [2.75, 3.05) is 0 Å². The molecular formula is C8H18O5S2. The summed E-state index contributed by atoms with van der Waals surface area (Å²) >= 11 is -4.16. The summed E-state index contributed by atoms with van der Waals surface area (Å²) in [6.07, 6.45) is 0. The number of hydrogen-bond donors (Lipinski definition) is 0. The van der Waals surface area contributed by atoms with Crippen molar-refractivity contribution in [3.63, 3.8) is 0 Å². The molecule has 0 amide bonds. The molecule has 0 aromatic carbocycles. The van der Waals surface area contributed by atoms with Crippen molar-refractivity contribution in [3.05, 3.63) is 0 Å². The molecule has 0 unspecified atom stereocenters. The van der Waals surface area contributed by atoms with Gasteiger partial charge in [-0.1, -0.05) is 0 Å². The molecule has 15 heavy (non-hydrogen) atoms. The van der Waals surface area contributed by atoms with E-state index in [1.807, 2.05) is 0 Å². The molecule has 0 radical (unpaired) electrons. The summed E-state index contributed by atoms with van der Waals surface area (Å²) in [5.41, 5.74) is -1.26. The molecule has 0 fully saturated rings. The maximum atomic E-state index is 11.1. The van der Waals surface area contributed by atoms with Gasteiger partial charge >= 0.3 is 22.7 Å². The van der Waals surface area contributed by atoms with Crippen LogP contribution in [0.25, 0.3) is 0 Å². The second-order valence-electron chi connectivity index (χ2n) is 4.87. The lowest BCUT2D eigenvalue weighted by molar-refractivity contribution is 0.122. The minimum Gasteiger partial charge on any atom is -0.262 e. The van der Waals surface area contributed by atoms with Gasteiger partial charge in [0.1, 0.15) is 0 Å². The zero-order chi connectivity index (χ0) is 12.3. The lowest BCUT2D eigenvalue weighted by Gasteiger charge is -2.19. The van der Waals surface area contributed by atoms with Crippen molar-refractivity contribution in [1.82, 2.24) is 0 Å². The summed E-state index contributed by atoms with van der Waals surface area (Å²) in [5, 5.41) is 0. The number of rotatable bonds is 4. The van der Waals surface area contributed by atoms with Crippen molar-refractivity contribution < 1.29 is 20.4 Å². The van der Waals surface area contributed by atoms with Crippen molar-refractivity contribution in [1.29, 1.82) is 0 Å². The Balaban J connectivity index is 4.04. The summed E-state index contributed by atoms with van der Waals surface area (Å²) in [6.45, 7) is 10.3. The first kappa shape index (κ1) is 15.2. The van der Waals surface area contributed by atoms with Gasteiger partial charge in [0.05, 0.1) is 11.2 Å². The maximum absolute atomic E-state index is 11.1. The van der Waals surface area contributed by atoms with E-state index < -0.39 is 33.9 Å². The molecular weight excluding hydrogens is 240 g/mol. The Labute approximate surface area is 96.2 Å². The summed E-state index contributed by atoms with van der Waals surface area (Å²) in [7, 11) is 0. The molecule has 0 saturated heterocycles. The SMILES string of the molecule is CC(C)(C)OS(=O)OS(=O)OC(C)(C)C. The number of hydrogen-bond acceptors (Lipinski definition) is 5. The lowest BCUT2D eigenvalue weighted by atomic mass is 10.2. The highest BCUT2D eigenvalue weighted by Crippen LogP contribution is 2.14. The van der Waals surface area contributed by atoms with E-state index in [9.17, 15) is 8.42 Å². The van der Waals surface area contributed by atoms with E-state index in [4.69, 9.17) is 8.37 Å². The lowest BCUT2D eigenvalue weighted by Crippen LogP contribution is -2.25. The van der Waals surface area contributed by atoms with E-state index in [-0.39, 0.29) is 0 Å². The highest BCUT2D eigenvalue weighted by molar-refractivity contribution is 7.88. The first-order valence-corrected chi connectivity index (χ1v) is 6.41. The zero-order valence-electron chi connectivity index (χ0n) is 9.86. The van der Waals surface area contributed by atoms with Crippen LogP contribution in [0.3, 0.4) is 0 Å². The minimum absolute atomic E-state index is 0.628. The molecule has 92 valence electrons. The van der Waals surface area contributed by atoms with Gasteiger partial charge in [-0.25, -0.2) is 0 Å². The van der Waals surface area contributed by atoms with Crippen molar-refractivity contribution in [2.45, 2.75) is 52.7 Å². The van der Waals surface area contributed by atoms with Crippen LogP contribution in [0.2, 0.25) is 0 Å². The Hall–Kier alpha value is 0.180. The van der Waals surface area contributed by atoms with Crippen LogP contribution in [-0.4, -0.2) is 19.6 Å². The second-order valence-corrected chi connectivity index (χ2v) is 6.56. The average molecular weight is 258 g/mol. The normalized spacial score (nSPS) is 17.5. The molecule has 0 N–H and O–H groups in total. The molecule has 0 aromatic heterocycles. The molecule has 0 atom stereocenters. The van der Waals surface area contributed by atoms with Gasteiger partial charge in [0, 0.05) is 0 Å². The van der Waals surface area contributed by atoms with Gasteiger partial charge in [0.2, 0.25) is 0 Å². The van der Waals surface area contributed by atoms with Crippen molar-refractivity contribution in [3.8, 4) is 0 Å². The van der Waals surface area contributed by atoms with E-state index >= 15 is 0 Å². The first-order valence-electron chi connectivity index (χ1n) is 4.41. The Kier molecular flexibility index (Phi) is 5.56. The van der Waals surface area contributed by atoms with Crippen LogP contribution in [-0.2, 0) is 34.7 Å². The second kappa shape index (κ2) is 5.49. The molecule has 7 heteroatoms. The molecule has 0 aliphatic carbocycles. The van der Waals surface area contributed by atoms with Crippen LogP contribution in [0.1, 0.15) is 41.5 Å². The topological polar surface area (TPSA) is 61.8 Å². The van der Waals surface area contributed by atoms with E-state index in [2.05, 4.69) is 3.63 Å². The largest absolute Gasteiger partial charge is 0.320 e. The van der Waals surface area contributed by atoms with Crippen LogP contribution in [0, 0.1) is 0 Å². The monoisotopic (exact) mass is 258 g/mol. The fraction of sp³-hybridized carbons (Fsp3) is 1.00. The van der Waals surface area contributed by atoms with Crippen LogP contribution in [0.5, 0.6) is 0 Å². The smallest absolute Gasteiger partial charge is 0.262 e. The highest BCUT2D eigenvalue weighted by atomic mass is 32.3. The Morgan fingerprint density at radius 2 is 1.00 bits per heavy atom. The van der Waals surface area contributed by atoms with Gasteiger partial charge in [0.25, 0.3) is 0 Å². The van der Waals surface area contributed by atoms with Crippen LogP contribution >= 0.6 is 0 Å². The fourth-order valence-electron chi connectivity index (χ4n) is 0.481. The van der Waals surface area contributed by atoms with Gasteiger partial charge in [-0.3, -0.25) is 8.37 Å². The van der Waals surface area contributed by atoms with E-state index in [1.165, 1.54) is 0 Å². The van der Waals surface area contributed by atoms with Gasteiger partial charge in [-0.15, -0.1) is 3.63 Å². The van der Waals surface area contributed by atoms with Crippen molar-refractivity contribution in [2.24, 2.45) is 0 Å². The van der Waals surface area contributed by atoms with Gasteiger partial charge in [0.15, 0.2) is 0 Å². The third-order valence-corrected chi connectivity index (χ3v) is 2.91. The Morgan fingerprint density at radius 3 is 1.20 bits per heavy atom. The molecule has 0 rings (SSSR count). The standard InChI is InChI=1S/C8H18O5S2/c1-7(2,3)11-14(9)13-15(10)12-8(4,5)6/h1-6H3. The zero-order valence-corrected chi connectivity index (χ0v) is 11.5. The minimum atomic E-state index is -2.08. The highest BCUT2D eigenvalue weighted by Gasteiger charge is 2.22. The molecule has 0 aliphatic heterocycles. The quantitative estimate of drug-likeness (QED) is 0.769.